The topological polar surface area (TPSA) is 35.6 Å². The van der Waals surface area contributed by atoms with E-state index in [2.05, 4.69) is 17.1 Å². The molecule has 1 unspecified atom stereocenters. The Bertz CT molecular complexity index is 585. The molecule has 2 fully saturated rings. The molecule has 0 bridgehead atoms. The third-order valence-electron chi connectivity index (χ3n) is 4.88. The second-order valence-electron chi connectivity index (χ2n) is 6.93. The lowest BCUT2D eigenvalue weighted by Crippen LogP contribution is -2.51. The first-order valence-corrected chi connectivity index (χ1v) is 8.52. The Morgan fingerprint density at radius 2 is 2.04 bits per heavy atom. The number of rotatable bonds is 3. The van der Waals surface area contributed by atoms with Gasteiger partial charge in [-0.05, 0) is 36.6 Å². The highest BCUT2D eigenvalue weighted by molar-refractivity contribution is 6.30. The van der Waals surface area contributed by atoms with Crippen LogP contribution >= 0.6 is 24.0 Å². The number of hydrogen-bond donors (Lipinski definition) is 1. The van der Waals surface area contributed by atoms with E-state index in [4.69, 9.17) is 11.6 Å². The third-order valence-corrected chi connectivity index (χ3v) is 5.12. The summed E-state index contributed by atoms with van der Waals surface area (Å²) in [5, 5.41) is 3.73. The molecule has 3 rings (SSSR count). The number of benzene rings is 1. The van der Waals surface area contributed by atoms with Gasteiger partial charge in [0.25, 0.3) is 5.91 Å². The largest absolute Gasteiger partial charge is 0.336 e. The molecule has 1 N–H and O–H groups in total. The van der Waals surface area contributed by atoms with Gasteiger partial charge in [-0.15, -0.1) is 12.4 Å². The lowest BCUT2D eigenvalue weighted by molar-refractivity contribution is 0.0577. The second kappa shape index (κ2) is 8.00. The summed E-state index contributed by atoms with van der Waals surface area (Å²) in [6.45, 7) is 8.49. The van der Waals surface area contributed by atoms with Gasteiger partial charge in [0.05, 0.1) is 5.56 Å². The number of piperazine rings is 1. The zero-order valence-electron chi connectivity index (χ0n) is 13.9. The third kappa shape index (κ3) is 4.39. The van der Waals surface area contributed by atoms with Gasteiger partial charge < -0.3 is 10.2 Å². The van der Waals surface area contributed by atoms with Crippen LogP contribution in [0.5, 0.6) is 0 Å². The van der Waals surface area contributed by atoms with Gasteiger partial charge in [-0.3, -0.25) is 9.69 Å². The SMILES string of the molecule is CC1(CN2CCN(C(=O)c3ccc(Cl)cc3F)CC2)CCNC1.Cl. The van der Waals surface area contributed by atoms with Gasteiger partial charge in [0.15, 0.2) is 0 Å². The molecule has 7 heteroatoms. The predicted molar refractivity (Wildman–Crippen MR) is 96.6 cm³/mol. The van der Waals surface area contributed by atoms with Crippen molar-refractivity contribution >= 4 is 29.9 Å². The Hall–Kier alpha value is -0.880. The Morgan fingerprint density at radius 1 is 1.33 bits per heavy atom. The van der Waals surface area contributed by atoms with Crippen molar-refractivity contribution in [2.24, 2.45) is 5.41 Å². The molecule has 2 aliphatic heterocycles. The zero-order chi connectivity index (χ0) is 16.4. The first-order valence-electron chi connectivity index (χ1n) is 8.14. The summed E-state index contributed by atoms with van der Waals surface area (Å²) in [4.78, 5) is 16.6. The van der Waals surface area contributed by atoms with E-state index < -0.39 is 5.82 Å². The Morgan fingerprint density at radius 3 is 2.62 bits per heavy atom. The first-order chi connectivity index (χ1) is 11.0. The van der Waals surface area contributed by atoms with Crippen LogP contribution in [0.3, 0.4) is 0 Å². The van der Waals surface area contributed by atoms with E-state index in [-0.39, 0.29) is 23.9 Å². The second-order valence-corrected chi connectivity index (χ2v) is 7.37. The van der Waals surface area contributed by atoms with Crippen molar-refractivity contribution in [3.05, 3.63) is 34.6 Å². The summed E-state index contributed by atoms with van der Waals surface area (Å²) in [7, 11) is 0. The maximum atomic E-state index is 13.9. The Balaban J connectivity index is 0.00000208. The molecule has 2 saturated heterocycles. The molecule has 0 saturated carbocycles. The fourth-order valence-corrected chi connectivity index (χ4v) is 3.64. The van der Waals surface area contributed by atoms with E-state index in [0.717, 1.165) is 32.7 Å². The van der Waals surface area contributed by atoms with Crippen LogP contribution in [0, 0.1) is 11.2 Å². The minimum atomic E-state index is -0.547. The number of amides is 1. The quantitative estimate of drug-likeness (QED) is 0.881. The number of hydrogen-bond acceptors (Lipinski definition) is 3. The maximum Gasteiger partial charge on any atom is 0.256 e. The van der Waals surface area contributed by atoms with E-state index in [1.54, 1.807) is 11.0 Å². The molecule has 0 radical (unpaired) electrons. The smallest absolute Gasteiger partial charge is 0.256 e. The molecular formula is C17H24Cl2FN3O. The van der Waals surface area contributed by atoms with Gasteiger partial charge in [0, 0.05) is 44.3 Å². The van der Waals surface area contributed by atoms with Crippen molar-refractivity contribution in [2.75, 3.05) is 45.8 Å². The van der Waals surface area contributed by atoms with Crippen LogP contribution in [-0.4, -0.2) is 61.5 Å². The zero-order valence-corrected chi connectivity index (χ0v) is 15.4. The van der Waals surface area contributed by atoms with E-state index in [9.17, 15) is 9.18 Å². The summed E-state index contributed by atoms with van der Waals surface area (Å²) in [6, 6.07) is 4.22. The number of nitrogens with one attached hydrogen (secondary N) is 1. The summed E-state index contributed by atoms with van der Waals surface area (Å²) in [5.74, 6) is -0.790. The fraction of sp³-hybridized carbons (Fsp3) is 0.588. The van der Waals surface area contributed by atoms with E-state index in [0.29, 0.717) is 23.5 Å². The highest BCUT2D eigenvalue weighted by Crippen LogP contribution is 2.26. The number of carbonyl (C=O) groups excluding carboxylic acids is 1. The summed E-state index contributed by atoms with van der Waals surface area (Å²) < 4.78 is 13.9. The molecular weight excluding hydrogens is 352 g/mol. The normalized spacial score (nSPS) is 24.7. The van der Waals surface area contributed by atoms with Crippen LogP contribution in [0.2, 0.25) is 5.02 Å². The van der Waals surface area contributed by atoms with Gasteiger partial charge >= 0.3 is 0 Å². The molecule has 0 aliphatic carbocycles. The van der Waals surface area contributed by atoms with Crippen LogP contribution in [-0.2, 0) is 0 Å². The predicted octanol–water partition coefficient (Wildman–Crippen LogP) is 2.66. The van der Waals surface area contributed by atoms with Crippen LogP contribution in [0.4, 0.5) is 4.39 Å². The molecule has 4 nitrogen and oxygen atoms in total. The highest BCUT2D eigenvalue weighted by Gasteiger charge is 2.32. The number of nitrogens with zero attached hydrogens (tertiary/aromatic N) is 2. The van der Waals surface area contributed by atoms with Crippen molar-refractivity contribution in [3.8, 4) is 0 Å². The van der Waals surface area contributed by atoms with Crippen LogP contribution in [0.1, 0.15) is 23.7 Å². The molecule has 24 heavy (non-hydrogen) atoms. The van der Waals surface area contributed by atoms with Crippen LogP contribution < -0.4 is 5.32 Å². The van der Waals surface area contributed by atoms with Crippen LogP contribution in [0.15, 0.2) is 18.2 Å². The summed E-state index contributed by atoms with van der Waals surface area (Å²) >= 11 is 5.74. The first kappa shape index (κ1) is 19.4. The minimum Gasteiger partial charge on any atom is -0.336 e. The fourth-order valence-electron chi connectivity index (χ4n) is 3.49. The number of carbonyl (C=O) groups is 1. The Kier molecular flexibility index (Phi) is 6.48. The lowest BCUT2D eigenvalue weighted by atomic mass is 9.89. The van der Waals surface area contributed by atoms with Crippen molar-refractivity contribution in [1.82, 2.24) is 15.1 Å². The standard InChI is InChI=1S/C17H23ClFN3O.ClH/c1-17(4-5-20-11-17)12-21-6-8-22(9-7-21)16(23)14-3-2-13(18)10-15(14)19;/h2-3,10,20H,4-9,11-12H2,1H3;1H. The summed E-state index contributed by atoms with van der Waals surface area (Å²) in [6.07, 6.45) is 1.20. The Labute approximate surface area is 153 Å². The minimum absolute atomic E-state index is 0. The average Bonchev–Trinajstić information content (AvgIpc) is 2.94. The van der Waals surface area contributed by atoms with Gasteiger partial charge in [-0.25, -0.2) is 4.39 Å². The van der Waals surface area contributed by atoms with Crippen molar-refractivity contribution in [2.45, 2.75) is 13.3 Å². The van der Waals surface area contributed by atoms with Crippen LogP contribution in [0.25, 0.3) is 0 Å². The molecule has 0 spiro atoms. The van der Waals surface area contributed by atoms with E-state index in [1.807, 2.05) is 0 Å². The summed E-state index contributed by atoms with van der Waals surface area (Å²) in [5.41, 5.74) is 0.434. The van der Waals surface area contributed by atoms with Gasteiger partial charge in [-0.1, -0.05) is 18.5 Å². The maximum absolute atomic E-state index is 13.9. The monoisotopic (exact) mass is 375 g/mol. The highest BCUT2D eigenvalue weighted by atomic mass is 35.5. The molecule has 1 amide bonds. The van der Waals surface area contributed by atoms with Gasteiger partial charge in [0.2, 0.25) is 0 Å². The molecule has 0 aromatic heterocycles. The number of halogens is 3. The molecule has 134 valence electrons. The lowest BCUT2D eigenvalue weighted by Gasteiger charge is -2.38. The van der Waals surface area contributed by atoms with Crippen molar-refractivity contribution < 1.29 is 9.18 Å². The van der Waals surface area contributed by atoms with Crippen molar-refractivity contribution in [3.63, 3.8) is 0 Å². The average molecular weight is 376 g/mol. The molecule has 1 aromatic carbocycles. The molecule has 2 heterocycles. The van der Waals surface area contributed by atoms with Crippen molar-refractivity contribution in [1.29, 1.82) is 0 Å². The molecule has 1 atom stereocenters. The van der Waals surface area contributed by atoms with E-state index >= 15 is 0 Å². The molecule has 1 aromatic rings. The van der Waals surface area contributed by atoms with E-state index in [1.165, 1.54) is 18.6 Å². The van der Waals surface area contributed by atoms with Gasteiger partial charge in [-0.2, -0.15) is 0 Å². The van der Waals surface area contributed by atoms with Gasteiger partial charge in [0.1, 0.15) is 5.82 Å². The molecule has 2 aliphatic rings.